The van der Waals surface area contributed by atoms with Gasteiger partial charge in [0.25, 0.3) is 5.91 Å². The van der Waals surface area contributed by atoms with Gasteiger partial charge in [-0.2, -0.15) is 0 Å². The Morgan fingerprint density at radius 1 is 0.979 bits per heavy atom. The molecule has 0 spiro atoms. The van der Waals surface area contributed by atoms with Crippen molar-refractivity contribution in [3.05, 3.63) is 42.5 Å². The Hall–Kier alpha value is -4.75. The molecular formula is C33H44N4O10. The molecule has 2 fully saturated rings. The highest BCUT2D eigenvalue weighted by Crippen LogP contribution is 2.29. The molecule has 3 unspecified atom stereocenters. The molecule has 14 heteroatoms. The summed E-state index contributed by atoms with van der Waals surface area (Å²) in [5.74, 6) is -4.28. The molecule has 256 valence electrons. The molecule has 1 saturated carbocycles. The van der Waals surface area contributed by atoms with Crippen LogP contribution in [0, 0.1) is 5.92 Å². The molecule has 0 radical (unpaired) electrons. The number of methoxy groups -OCH3 is 1. The SMILES string of the molecule is C=CCOC(=O)CNC(=O)C(=O)C(CCC)NC(=O)C1CCCN1C(=O)C(NC(=O)Oc1ccc(C(=O)OC)cc1)C1CCCCC1. The van der Waals surface area contributed by atoms with E-state index in [0.717, 1.165) is 19.3 Å². The van der Waals surface area contributed by atoms with E-state index in [-0.39, 0.29) is 36.8 Å². The maximum atomic E-state index is 14.0. The van der Waals surface area contributed by atoms with E-state index < -0.39 is 66.2 Å². The second-order valence-electron chi connectivity index (χ2n) is 11.5. The predicted molar refractivity (Wildman–Crippen MR) is 168 cm³/mol. The first-order chi connectivity index (χ1) is 22.6. The molecule has 1 saturated heterocycles. The molecule has 0 bridgehead atoms. The smallest absolute Gasteiger partial charge is 0.413 e. The summed E-state index contributed by atoms with van der Waals surface area (Å²) in [4.78, 5) is 90.8. The van der Waals surface area contributed by atoms with Gasteiger partial charge < -0.3 is 35.1 Å². The first-order valence-electron chi connectivity index (χ1n) is 16.0. The van der Waals surface area contributed by atoms with E-state index in [9.17, 15) is 33.6 Å². The molecule has 3 rings (SSSR count). The fraction of sp³-hybridized carbons (Fsp3) is 0.545. The zero-order valence-electron chi connectivity index (χ0n) is 26.9. The van der Waals surface area contributed by atoms with Crippen molar-refractivity contribution >= 4 is 41.5 Å². The Balaban J connectivity index is 1.69. The Morgan fingerprint density at radius 3 is 2.32 bits per heavy atom. The summed E-state index contributed by atoms with van der Waals surface area (Å²) in [5, 5.41) is 7.57. The molecule has 1 heterocycles. The summed E-state index contributed by atoms with van der Waals surface area (Å²) in [6.45, 7) is 4.92. The monoisotopic (exact) mass is 656 g/mol. The normalized spacial score (nSPS) is 17.4. The van der Waals surface area contributed by atoms with Crippen LogP contribution < -0.4 is 20.7 Å². The Morgan fingerprint density at radius 2 is 1.68 bits per heavy atom. The van der Waals surface area contributed by atoms with Crippen molar-refractivity contribution in [1.82, 2.24) is 20.9 Å². The van der Waals surface area contributed by atoms with Crippen LogP contribution in [0.5, 0.6) is 5.75 Å². The van der Waals surface area contributed by atoms with Crippen LogP contribution in [0.15, 0.2) is 36.9 Å². The van der Waals surface area contributed by atoms with Gasteiger partial charge in [0, 0.05) is 6.54 Å². The molecular weight excluding hydrogens is 612 g/mol. The molecule has 47 heavy (non-hydrogen) atoms. The average Bonchev–Trinajstić information content (AvgIpc) is 3.58. The third-order valence-electron chi connectivity index (χ3n) is 8.17. The van der Waals surface area contributed by atoms with E-state index in [2.05, 4.69) is 27.3 Å². The van der Waals surface area contributed by atoms with Crippen molar-refractivity contribution in [3.63, 3.8) is 0 Å². The van der Waals surface area contributed by atoms with E-state index in [1.54, 1.807) is 6.92 Å². The summed E-state index contributed by atoms with van der Waals surface area (Å²) in [5.41, 5.74) is 0.279. The number of carbonyl (C=O) groups is 7. The predicted octanol–water partition coefficient (Wildman–Crippen LogP) is 2.20. The summed E-state index contributed by atoms with van der Waals surface area (Å²) in [6, 6.07) is 2.74. The maximum absolute atomic E-state index is 14.0. The number of hydrogen-bond donors (Lipinski definition) is 3. The molecule has 3 N–H and O–H groups in total. The van der Waals surface area contributed by atoms with Crippen LogP contribution in [0.1, 0.15) is 75.1 Å². The van der Waals surface area contributed by atoms with Gasteiger partial charge in [0.15, 0.2) is 0 Å². The van der Waals surface area contributed by atoms with Gasteiger partial charge >= 0.3 is 18.0 Å². The number of benzene rings is 1. The summed E-state index contributed by atoms with van der Waals surface area (Å²) >= 11 is 0. The fourth-order valence-electron chi connectivity index (χ4n) is 5.80. The molecule has 1 aliphatic carbocycles. The van der Waals surface area contributed by atoms with Gasteiger partial charge in [-0.15, -0.1) is 0 Å². The maximum Gasteiger partial charge on any atom is 0.413 e. The number of nitrogens with zero attached hydrogens (tertiary/aromatic N) is 1. The molecule has 1 aromatic rings. The number of amides is 4. The van der Waals surface area contributed by atoms with Gasteiger partial charge in [-0.25, -0.2) is 9.59 Å². The largest absolute Gasteiger partial charge is 0.465 e. The molecule has 3 atom stereocenters. The summed E-state index contributed by atoms with van der Waals surface area (Å²) in [7, 11) is 1.26. The van der Waals surface area contributed by atoms with E-state index in [1.165, 1.54) is 42.4 Å². The van der Waals surface area contributed by atoms with Crippen LogP contribution in [-0.4, -0.2) is 91.4 Å². The van der Waals surface area contributed by atoms with Gasteiger partial charge in [-0.1, -0.05) is 45.3 Å². The highest BCUT2D eigenvalue weighted by atomic mass is 16.6. The van der Waals surface area contributed by atoms with Crippen molar-refractivity contribution in [2.75, 3.05) is 26.8 Å². The highest BCUT2D eigenvalue weighted by molar-refractivity contribution is 6.38. The third-order valence-corrected chi connectivity index (χ3v) is 8.17. The Kier molecular flexibility index (Phi) is 14.4. The number of esters is 2. The van der Waals surface area contributed by atoms with Gasteiger partial charge in [0.1, 0.15) is 31.0 Å². The minimum absolute atomic E-state index is 0.0433. The molecule has 0 aromatic heterocycles. The van der Waals surface area contributed by atoms with Crippen LogP contribution in [0.3, 0.4) is 0 Å². The molecule has 4 amide bonds. The third kappa shape index (κ3) is 10.6. The zero-order chi connectivity index (χ0) is 34.3. The quantitative estimate of drug-likeness (QED) is 0.144. The van der Waals surface area contributed by atoms with Gasteiger partial charge in [0.05, 0.1) is 18.7 Å². The highest BCUT2D eigenvalue weighted by Gasteiger charge is 2.42. The van der Waals surface area contributed by atoms with Gasteiger partial charge in [-0.05, 0) is 62.3 Å². The molecule has 14 nitrogen and oxygen atoms in total. The first-order valence-corrected chi connectivity index (χ1v) is 16.0. The minimum atomic E-state index is -1.16. The fourth-order valence-corrected chi connectivity index (χ4v) is 5.80. The van der Waals surface area contributed by atoms with Crippen molar-refractivity contribution in [2.45, 2.75) is 82.8 Å². The molecule has 2 aliphatic rings. The number of hydrogen-bond acceptors (Lipinski definition) is 10. The second kappa shape index (κ2) is 18.4. The summed E-state index contributed by atoms with van der Waals surface area (Å²) < 4.78 is 14.9. The van der Waals surface area contributed by atoms with E-state index in [4.69, 9.17) is 9.47 Å². The minimum Gasteiger partial charge on any atom is -0.465 e. The summed E-state index contributed by atoms with van der Waals surface area (Å²) in [6.07, 6.45) is 6.21. The van der Waals surface area contributed by atoms with E-state index in [1.807, 2.05) is 0 Å². The van der Waals surface area contributed by atoms with Gasteiger partial charge in [0.2, 0.25) is 17.6 Å². The lowest BCUT2D eigenvalue weighted by Gasteiger charge is -2.34. The van der Waals surface area contributed by atoms with Crippen molar-refractivity contribution < 1.29 is 47.8 Å². The second-order valence-corrected chi connectivity index (χ2v) is 11.5. The average molecular weight is 657 g/mol. The zero-order valence-corrected chi connectivity index (χ0v) is 26.9. The van der Waals surface area contributed by atoms with Crippen LogP contribution in [-0.2, 0) is 33.4 Å². The number of carbonyl (C=O) groups excluding carboxylic acids is 7. The van der Waals surface area contributed by atoms with Crippen molar-refractivity contribution in [2.24, 2.45) is 5.92 Å². The lowest BCUT2D eigenvalue weighted by Crippen LogP contribution is -2.58. The lowest BCUT2D eigenvalue weighted by atomic mass is 9.83. The van der Waals surface area contributed by atoms with E-state index >= 15 is 0 Å². The van der Waals surface area contributed by atoms with E-state index in [0.29, 0.717) is 32.1 Å². The standard InChI is InChI=1S/C33H44N4O10/c1-4-10-24(28(39)30(41)34-20-26(38)46-19-5-2)35-29(40)25-13-9-18-37(25)31(42)27(21-11-7-6-8-12-21)36-33(44)47-23-16-14-22(15-17-23)32(43)45-3/h5,14-17,21,24-25,27H,2,4,6-13,18-20H2,1,3H3,(H,34,41)(H,35,40)(H,36,44). The molecule has 1 aliphatic heterocycles. The number of likely N-dealkylation sites (tertiary alicyclic amines) is 1. The Bertz CT molecular complexity index is 1310. The lowest BCUT2D eigenvalue weighted by molar-refractivity contribution is -0.145. The number of ether oxygens (including phenoxy) is 3. The van der Waals surface area contributed by atoms with Crippen LogP contribution in [0.4, 0.5) is 4.79 Å². The number of rotatable bonds is 15. The first kappa shape index (κ1) is 36.7. The topological polar surface area (TPSA) is 187 Å². The van der Waals surface area contributed by atoms with Crippen molar-refractivity contribution in [1.29, 1.82) is 0 Å². The van der Waals surface area contributed by atoms with Crippen LogP contribution in [0.2, 0.25) is 0 Å². The molecule has 1 aromatic carbocycles. The number of nitrogens with one attached hydrogen (secondary N) is 3. The number of ketones is 1. The van der Waals surface area contributed by atoms with Crippen LogP contribution >= 0.6 is 0 Å². The number of Topliss-reactive ketones (excluding diaryl/α,β-unsaturated/α-hetero) is 1. The Labute approximate surface area is 273 Å². The van der Waals surface area contributed by atoms with Crippen LogP contribution in [0.25, 0.3) is 0 Å². The van der Waals surface area contributed by atoms with Crippen molar-refractivity contribution in [3.8, 4) is 5.75 Å². The van der Waals surface area contributed by atoms with Gasteiger partial charge in [-0.3, -0.25) is 24.0 Å².